The van der Waals surface area contributed by atoms with Crippen molar-refractivity contribution in [2.24, 2.45) is 4.99 Å². The number of fused-ring (bicyclic) bond motifs is 1. The molecule has 8 heteroatoms. The van der Waals surface area contributed by atoms with Gasteiger partial charge in [0, 0.05) is 63.6 Å². The molecule has 2 aromatic rings. The SMILES string of the molecule is CCS(=O)C1CCCC(NC(=NC)NCCc2c[nH]c3ccc(Cl)cc23)C1.I. The van der Waals surface area contributed by atoms with Crippen LogP contribution in [-0.2, 0) is 17.2 Å². The monoisotopic (exact) mass is 536 g/mol. The second-order valence-corrected chi connectivity index (χ2v) is 9.49. The van der Waals surface area contributed by atoms with Crippen LogP contribution in [0.2, 0.25) is 5.02 Å². The molecule has 1 aromatic carbocycles. The number of halogens is 2. The molecule has 1 heterocycles. The van der Waals surface area contributed by atoms with Crippen molar-refractivity contribution in [3.05, 3.63) is 35.0 Å². The predicted octanol–water partition coefficient (Wildman–Crippen LogP) is 4.23. The van der Waals surface area contributed by atoms with Gasteiger partial charge in [-0.05, 0) is 49.4 Å². The number of rotatable bonds is 6. The number of guanidine groups is 1. The maximum atomic E-state index is 12.1. The highest BCUT2D eigenvalue weighted by Gasteiger charge is 2.25. The van der Waals surface area contributed by atoms with Gasteiger partial charge in [-0.2, -0.15) is 0 Å². The Morgan fingerprint density at radius 3 is 2.96 bits per heavy atom. The molecule has 1 fully saturated rings. The van der Waals surface area contributed by atoms with Crippen LogP contribution in [0.3, 0.4) is 0 Å². The van der Waals surface area contributed by atoms with E-state index in [-0.39, 0.29) is 24.0 Å². The van der Waals surface area contributed by atoms with E-state index >= 15 is 0 Å². The van der Waals surface area contributed by atoms with Gasteiger partial charge in [-0.25, -0.2) is 0 Å². The molecule has 0 amide bonds. The lowest BCUT2D eigenvalue weighted by atomic mass is 9.95. The van der Waals surface area contributed by atoms with E-state index < -0.39 is 10.8 Å². The number of aromatic nitrogens is 1. The Hall–Kier alpha value is -0.800. The molecule has 0 bridgehead atoms. The van der Waals surface area contributed by atoms with Crippen LogP contribution in [0.1, 0.15) is 38.2 Å². The molecule has 1 aliphatic rings. The molecule has 3 N–H and O–H groups in total. The number of nitrogens with one attached hydrogen (secondary N) is 3. The maximum absolute atomic E-state index is 12.1. The summed E-state index contributed by atoms with van der Waals surface area (Å²) in [7, 11) is 1.09. The number of aliphatic imine (C=N–C) groups is 1. The highest BCUT2D eigenvalue weighted by molar-refractivity contribution is 14.0. The van der Waals surface area contributed by atoms with Crippen molar-refractivity contribution in [2.75, 3.05) is 19.3 Å². The Balaban J connectivity index is 0.00000280. The Morgan fingerprint density at radius 2 is 2.21 bits per heavy atom. The molecule has 28 heavy (non-hydrogen) atoms. The summed E-state index contributed by atoms with van der Waals surface area (Å²) in [6.45, 7) is 2.79. The summed E-state index contributed by atoms with van der Waals surface area (Å²) in [4.78, 5) is 7.65. The summed E-state index contributed by atoms with van der Waals surface area (Å²) in [5, 5.41) is 9.17. The van der Waals surface area contributed by atoms with E-state index in [1.54, 1.807) is 7.05 Å². The normalized spacial score (nSPS) is 21.2. The van der Waals surface area contributed by atoms with Crippen LogP contribution in [0.4, 0.5) is 0 Å². The van der Waals surface area contributed by atoms with Crippen molar-refractivity contribution in [3.8, 4) is 0 Å². The van der Waals surface area contributed by atoms with E-state index in [0.29, 0.717) is 11.3 Å². The van der Waals surface area contributed by atoms with Crippen LogP contribution in [0.15, 0.2) is 29.4 Å². The maximum Gasteiger partial charge on any atom is 0.191 e. The van der Waals surface area contributed by atoms with Crippen LogP contribution in [0.5, 0.6) is 0 Å². The van der Waals surface area contributed by atoms with Crippen LogP contribution in [0.25, 0.3) is 10.9 Å². The van der Waals surface area contributed by atoms with E-state index in [4.69, 9.17) is 11.6 Å². The lowest BCUT2D eigenvalue weighted by Crippen LogP contribution is -2.47. The van der Waals surface area contributed by atoms with E-state index in [9.17, 15) is 4.21 Å². The number of H-pyrrole nitrogens is 1. The summed E-state index contributed by atoms with van der Waals surface area (Å²) in [5.41, 5.74) is 2.35. The van der Waals surface area contributed by atoms with Gasteiger partial charge in [0.25, 0.3) is 0 Å². The second kappa shape index (κ2) is 11.4. The summed E-state index contributed by atoms with van der Waals surface area (Å²) in [5.74, 6) is 1.57. The first-order valence-corrected chi connectivity index (χ1v) is 11.5. The van der Waals surface area contributed by atoms with Gasteiger partial charge in [-0.15, -0.1) is 24.0 Å². The highest BCUT2D eigenvalue weighted by atomic mass is 127. The first-order valence-electron chi connectivity index (χ1n) is 9.70. The molecule has 0 aliphatic heterocycles. The quantitative estimate of drug-likeness (QED) is 0.294. The fourth-order valence-electron chi connectivity index (χ4n) is 3.81. The molecule has 1 aliphatic carbocycles. The third kappa shape index (κ3) is 6.10. The molecule has 0 saturated heterocycles. The molecule has 5 nitrogen and oxygen atoms in total. The number of hydrogen-bond acceptors (Lipinski definition) is 2. The van der Waals surface area contributed by atoms with Gasteiger partial charge < -0.3 is 15.6 Å². The van der Waals surface area contributed by atoms with Gasteiger partial charge in [0.1, 0.15) is 0 Å². The summed E-state index contributed by atoms with van der Waals surface area (Å²) in [6.07, 6.45) is 7.20. The third-order valence-corrected chi connectivity index (χ3v) is 7.24. The van der Waals surface area contributed by atoms with Crippen molar-refractivity contribution in [1.82, 2.24) is 15.6 Å². The molecule has 0 spiro atoms. The molecule has 3 rings (SSSR count). The number of nitrogens with zero attached hydrogens (tertiary/aromatic N) is 1. The molecule has 156 valence electrons. The van der Waals surface area contributed by atoms with Crippen molar-refractivity contribution in [2.45, 2.75) is 50.3 Å². The Bertz CT molecular complexity index is 826. The molecule has 3 atom stereocenters. The van der Waals surface area contributed by atoms with Crippen LogP contribution in [-0.4, -0.2) is 45.8 Å². The number of hydrogen-bond donors (Lipinski definition) is 3. The Kier molecular flexibility index (Phi) is 9.56. The van der Waals surface area contributed by atoms with Crippen molar-refractivity contribution < 1.29 is 4.21 Å². The van der Waals surface area contributed by atoms with Crippen molar-refractivity contribution in [1.29, 1.82) is 0 Å². The average molecular weight is 537 g/mol. The van der Waals surface area contributed by atoms with Crippen LogP contribution in [0, 0.1) is 0 Å². The van der Waals surface area contributed by atoms with E-state index in [1.807, 2.05) is 31.3 Å². The van der Waals surface area contributed by atoms with E-state index in [0.717, 1.165) is 60.9 Å². The van der Waals surface area contributed by atoms with Gasteiger partial charge in [0.05, 0.1) is 0 Å². The Labute approximate surface area is 192 Å². The molecular formula is C20H30ClIN4OS. The first kappa shape index (κ1) is 23.5. The van der Waals surface area contributed by atoms with Crippen LogP contribution < -0.4 is 10.6 Å². The van der Waals surface area contributed by atoms with Gasteiger partial charge >= 0.3 is 0 Å². The smallest absolute Gasteiger partial charge is 0.191 e. The topological polar surface area (TPSA) is 69.3 Å². The van der Waals surface area contributed by atoms with Gasteiger partial charge in [0.2, 0.25) is 0 Å². The van der Waals surface area contributed by atoms with E-state index in [2.05, 4.69) is 20.6 Å². The van der Waals surface area contributed by atoms with Gasteiger partial charge in [-0.3, -0.25) is 9.20 Å². The molecule has 1 saturated carbocycles. The van der Waals surface area contributed by atoms with Gasteiger partial charge in [0.15, 0.2) is 5.96 Å². The minimum Gasteiger partial charge on any atom is -0.361 e. The zero-order valence-corrected chi connectivity index (χ0v) is 20.4. The molecule has 0 radical (unpaired) electrons. The predicted molar refractivity (Wildman–Crippen MR) is 132 cm³/mol. The fraction of sp³-hybridized carbons (Fsp3) is 0.550. The lowest BCUT2D eigenvalue weighted by molar-refractivity contribution is 0.413. The summed E-state index contributed by atoms with van der Waals surface area (Å²) in [6, 6.07) is 6.26. The zero-order chi connectivity index (χ0) is 19.2. The van der Waals surface area contributed by atoms with Gasteiger partial charge in [-0.1, -0.05) is 24.9 Å². The largest absolute Gasteiger partial charge is 0.361 e. The number of aromatic amines is 1. The zero-order valence-electron chi connectivity index (χ0n) is 16.5. The molecule has 1 aromatic heterocycles. The lowest BCUT2D eigenvalue weighted by Gasteiger charge is -2.30. The number of benzene rings is 1. The highest BCUT2D eigenvalue weighted by Crippen LogP contribution is 2.24. The van der Waals surface area contributed by atoms with Crippen molar-refractivity contribution in [3.63, 3.8) is 0 Å². The molecule has 3 unspecified atom stereocenters. The molecular weight excluding hydrogens is 507 g/mol. The van der Waals surface area contributed by atoms with Crippen LogP contribution >= 0.6 is 35.6 Å². The standard InChI is InChI=1S/C20H29ClN4OS.HI/c1-3-27(26)17-6-4-5-16(12-17)25-20(22-2)23-10-9-14-13-24-19-8-7-15(21)11-18(14)19;/h7-8,11,13,16-17,24H,3-6,9-10,12H2,1-2H3,(H2,22,23,25);1H. The summed E-state index contributed by atoms with van der Waals surface area (Å²) < 4.78 is 12.1. The Morgan fingerprint density at radius 1 is 1.39 bits per heavy atom. The third-order valence-electron chi connectivity index (χ3n) is 5.26. The second-order valence-electron chi connectivity index (χ2n) is 7.05. The fourth-order valence-corrected chi connectivity index (χ4v) is 5.33. The average Bonchev–Trinajstić information content (AvgIpc) is 3.08. The van der Waals surface area contributed by atoms with Crippen molar-refractivity contribution >= 4 is 63.2 Å². The first-order chi connectivity index (χ1) is 13.1. The minimum atomic E-state index is -0.707. The summed E-state index contributed by atoms with van der Waals surface area (Å²) >= 11 is 6.13. The minimum absolute atomic E-state index is 0. The van der Waals surface area contributed by atoms with E-state index in [1.165, 1.54) is 10.9 Å².